The van der Waals surface area contributed by atoms with Crippen LogP contribution in [0.2, 0.25) is 0 Å². The van der Waals surface area contributed by atoms with Crippen molar-refractivity contribution in [2.24, 2.45) is 79.8 Å². The van der Waals surface area contributed by atoms with Crippen LogP contribution in [0.1, 0.15) is 179 Å². The van der Waals surface area contributed by atoms with E-state index in [1.807, 2.05) is 13.8 Å². The number of allylic oxidation sites excluding steroid dienone is 2. The van der Waals surface area contributed by atoms with Gasteiger partial charge in [0.15, 0.2) is 5.79 Å². The second-order valence-corrected chi connectivity index (χ2v) is 29.8. The van der Waals surface area contributed by atoms with Gasteiger partial charge in [-0.1, -0.05) is 89.3 Å². The number of hydrogen-bond acceptors (Lipinski definition) is 11. The molecule has 0 amide bonds. The predicted octanol–water partition coefficient (Wildman–Crippen LogP) is 9.55. The average molecular weight is 1010 g/mol. The van der Waals surface area contributed by atoms with Crippen LogP contribution < -0.4 is 0 Å². The fourth-order valence-corrected chi connectivity index (χ4v) is 22.1. The van der Waals surface area contributed by atoms with Crippen LogP contribution in [0.5, 0.6) is 0 Å². The highest BCUT2D eigenvalue weighted by Gasteiger charge is 2.75. The van der Waals surface area contributed by atoms with Crippen molar-refractivity contribution < 1.29 is 56.5 Å². The zero-order valence-corrected chi connectivity index (χ0v) is 45.6. The van der Waals surface area contributed by atoms with E-state index < -0.39 is 62.4 Å². The Labute approximate surface area is 424 Å². The van der Waals surface area contributed by atoms with Gasteiger partial charge in [0.1, 0.15) is 12.2 Å². The molecule has 14 rings (SSSR count). The van der Waals surface area contributed by atoms with Crippen LogP contribution in [0.3, 0.4) is 0 Å². The Morgan fingerprint density at radius 3 is 2.10 bits per heavy atom. The lowest BCUT2D eigenvalue weighted by Gasteiger charge is -2.69. The summed E-state index contributed by atoms with van der Waals surface area (Å²) < 4.78 is 68.2. The van der Waals surface area contributed by atoms with Crippen molar-refractivity contribution in [2.45, 2.75) is 232 Å². The first-order chi connectivity index (χ1) is 32.9. The maximum absolute atomic E-state index is 12.6. The van der Waals surface area contributed by atoms with Crippen LogP contribution in [0.4, 0.5) is 0 Å². The number of rotatable bonds is 8. The van der Waals surface area contributed by atoms with Crippen molar-refractivity contribution in [1.82, 2.24) is 0 Å². The number of ether oxygens (including phenoxy) is 4. The first kappa shape index (κ1) is 50.6. The maximum Gasteiger partial charge on any atom is 0.397 e. The van der Waals surface area contributed by atoms with E-state index >= 15 is 0 Å². The van der Waals surface area contributed by atoms with E-state index in [2.05, 4.69) is 68.4 Å². The van der Waals surface area contributed by atoms with Crippen molar-refractivity contribution >= 4 is 10.4 Å². The van der Waals surface area contributed by atoms with Crippen LogP contribution in [0.15, 0.2) is 33.9 Å². The number of hydrogen-bond donors (Lipinski definition) is 5. The Hall–Kier alpha value is -1.23. The highest BCUT2D eigenvalue weighted by Crippen LogP contribution is 2.74. The third-order valence-corrected chi connectivity index (χ3v) is 25.4. The highest BCUT2D eigenvalue weighted by atomic mass is 32.3. The summed E-state index contributed by atoms with van der Waals surface area (Å²) in [4.78, 5) is 0. The monoisotopic (exact) mass is 1010 g/mol. The molecule has 0 aromatic heterocycles. The molecule has 6 heterocycles. The van der Waals surface area contributed by atoms with Crippen LogP contribution >= 0.6 is 0 Å². The molecule has 20 atom stereocenters. The van der Waals surface area contributed by atoms with Gasteiger partial charge in [-0.2, -0.15) is 8.42 Å². The van der Waals surface area contributed by atoms with Crippen LogP contribution in [0.25, 0.3) is 0 Å². The summed E-state index contributed by atoms with van der Waals surface area (Å²) in [6.45, 7) is 25.4. The van der Waals surface area contributed by atoms with Crippen molar-refractivity contribution in [3.8, 4) is 0 Å². The second-order valence-electron chi connectivity index (χ2n) is 28.8. The molecule has 0 aromatic carbocycles. The molecule has 8 aliphatic carbocycles. The minimum Gasteiger partial charge on any atom is -0.387 e. The summed E-state index contributed by atoms with van der Waals surface area (Å²) in [5, 5.41) is 46.2. The molecule has 4 saturated carbocycles. The SMILES string of the molecule is C[C@@H]([C@H]1CC[C@@H]2C3=C(CC[C@@]21C)[C@@]12CO[C@@](O)([C@@H](O)C1)C(C)(C)[C@@H]2[C@@H](OS(=O)(=O)O)C3)[C@H]1C[C@@H]2C[C@@](C)(OC2(C)C)[C@H](CC[C@@H](C)[C@H]2CC[C@@H]3C4=C(CC[C@@]32C)[C@@]23CO[C@@](O)([C@@H](O)C2)C(C)(C)C3=CC4)O1. The van der Waals surface area contributed by atoms with Gasteiger partial charge in [-0.25, -0.2) is 4.18 Å². The topological polar surface area (TPSA) is 181 Å². The minimum absolute atomic E-state index is 0.0358. The van der Waals surface area contributed by atoms with Crippen LogP contribution in [-0.2, 0) is 33.5 Å². The van der Waals surface area contributed by atoms with Crippen molar-refractivity contribution in [3.63, 3.8) is 0 Å². The quantitative estimate of drug-likeness (QED) is 0.115. The van der Waals surface area contributed by atoms with Gasteiger partial charge in [0, 0.05) is 27.6 Å². The molecule has 12 nitrogen and oxygen atoms in total. The molecular weight excluding hydrogens is 921 g/mol. The minimum atomic E-state index is -4.81. The van der Waals surface area contributed by atoms with Gasteiger partial charge < -0.3 is 39.4 Å². The maximum atomic E-state index is 12.6. The molecule has 13 heteroatoms. The second kappa shape index (κ2) is 15.5. The van der Waals surface area contributed by atoms with Crippen molar-refractivity contribution in [1.29, 1.82) is 0 Å². The van der Waals surface area contributed by atoms with Crippen molar-refractivity contribution in [3.05, 3.63) is 33.9 Å². The molecule has 10 fully saturated rings. The summed E-state index contributed by atoms with van der Waals surface area (Å²) >= 11 is 0. The fraction of sp³-hybridized carbons (Fsp3) is 0.897. The molecule has 5 N–H and O–H groups in total. The molecule has 14 aliphatic rings. The third kappa shape index (κ3) is 6.52. The summed E-state index contributed by atoms with van der Waals surface area (Å²) in [5.74, 6) is -1.04. The summed E-state index contributed by atoms with van der Waals surface area (Å²) in [6, 6.07) is 0. The third-order valence-electron chi connectivity index (χ3n) is 24.9. The van der Waals surface area contributed by atoms with E-state index in [1.54, 1.807) is 5.57 Å². The van der Waals surface area contributed by atoms with Crippen LogP contribution in [0, 0.1) is 79.8 Å². The Bertz CT molecular complexity index is 2460. The smallest absolute Gasteiger partial charge is 0.387 e. The van der Waals surface area contributed by atoms with E-state index in [-0.39, 0.29) is 64.5 Å². The summed E-state index contributed by atoms with van der Waals surface area (Å²) in [5.41, 5.74) is 3.65. The predicted molar refractivity (Wildman–Crippen MR) is 266 cm³/mol. The molecule has 0 unspecified atom stereocenters. The standard InChI is InChI=1S/C58H88O12S/c1-31(36-14-16-38-34-13-18-44-49(3,4)57(61)45(59)27-55(44,29-66-57)40(34)20-22-52(36,38)9)12-19-47-54(11)26-33(51(7,8)70-54)24-42(68-47)32(2)37-15-17-39-35-25-43(69-71(63,64)65)48-50(5,6)58(62)46(60)28-56(48,30-67-58)41(35)21-23-53(37,39)10/h18,31-33,36-39,42-43,45-48,59-62H,12-17,19-30H2,1-11H3,(H,63,64,65)/t31-,32+,33-,36-,37-,38-,39-,42-,43+,45+,46+,47+,48+,52-,53-,54-,55+,56+,57+,58+/m1/s1. The molecule has 71 heavy (non-hydrogen) atoms. The van der Waals surface area contributed by atoms with Gasteiger partial charge in [-0.15, -0.1) is 0 Å². The molecule has 6 bridgehead atoms. The first-order valence-corrected chi connectivity index (χ1v) is 29.5. The Balaban J connectivity index is 0.782. The molecule has 398 valence electrons. The van der Waals surface area contributed by atoms with Crippen molar-refractivity contribution in [2.75, 3.05) is 13.2 Å². The van der Waals surface area contributed by atoms with E-state index in [9.17, 15) is 33.4 Å². The fourth-order valence-electron chi connectivity index (χ4n) is 21.6. The van der Waals surface area contributed by atoms with Gasteiger partial charge in [0.05, 0.1) is 42.7 Å². The Morgan fingerprint density at radius 1 is 0.789 bits per heavy atom. The molecular formula is C58H88O12S. The normalized spacial score (nSPS) is 52.7. The highest BCUT2D eigenvalue weighted by molar-refractivity contribution is 7.80. The lowest BCUT2D eigenvalue weighted by atomic mass is 9.42. The molecule has 0 aromatic rings. The van der Waals surface area contributed by atoms with Gasteiger partial charge in [0.25, 0.3) is 0 Å². The summed E-state index contributed by atoms with van der Waals surface area (Å²) in [7, 11) is -4.81. The molecule has 2 spiro atoms. The first-order valence-electron chi connectivity index (χ1n) is 28.2. The van der Waals surface area contributed by atoms with E-state index in [0.29, 0.717) is 49.0 Å². The average Bonchev–Trinajstić information content (AvgIpc) is 3.85. The number of fused-ring (bicyclic) bond motifs is 10. The van der Waals surface area contributed by atoms with Crippen LogP contribution in [-0.4, -0.2) is 99.9 Å². The van der Waals surface area contributed by atoms with E-state index in [1.165, 1.54) is 35.1 Å². The lowest BCUT2D eigenvalue weighted by Crippen LogP contribution is -2.76. The number of aliphatic hydroxyl groups is 4. The Morgan fingerprint density at radius 2 is 1.42 bits per heavy atom. The molecule has 6 saturated heterocycles. The molecule has 6 aliphatic heterocycles. The lowest BCUT2D eigenvalue weighted by molar-refractivity contribution is -0.408. The van der Waals surface area contributed by atoms with E-state index in [4.69, 9.17) is 23.1 Å². The summed E-state index contributed by atoms with van der Waals surface area (Å²) in [6.07, 6.45) is 14.0. The zero-order valence-electron chi connectivity index (χ0n) is 44.8. The van der Waals surface area contributed by atoms with Gasteiger partial charge in [-0.05, 0) is 176 Å². The zero-order chi connectivity index (χ0) is 50.9. The number of aliphatic hydroxyl groups excluding tert-OH is 2. The van der Waals surface area contributed by atoms with E-state index in [0.717, 1.165) is 70.6 Å². The van der Waals surface area contributed by atoms with Gasteiger partial charge in [-0.3, -0.25) is 4.55 Å². The van der Waals surface area contributed by atoms with Gasteiger partial charge >= 0.3 is 10.4 Å². The largest absolute Gasteiger partial charge is 0.397 e. The van der Waals surface area contributed by atoms with Gasteiger partial charge in [0.2, 0.25) is 5.79 Å². The molecule has 0 radical (unpaired) electrons. The Kier molecular flexibility index (Phi) is 11.0.